The van der Waals surface area contributed by atoms with Gasteiger partial charge in [0.15, 0.2) is 0 Å². The van der Waals surface area contributed by atoms with Crippen LogP contribution in [0.1, 0.15) is 22.3 Å². The molecule has 2 aromatic rings. The molecule has 0 amide bonds. The highest BCUT2D eigenvalue weighted by atomic mass is 32.2. The first-order valence-electron chi connectivity index (χ1n) is 9.29. The highest BCUT2D eigenvalue weighted by molar-refractivity contribution is 7.89. The average molecular weight is 441 g/mol. The largest absolute Gasteiger partial charge is 0.243 e. The minimum absolute atomic E-state index is 0.0149. The Labute approximate surface area is 172 Å². The molecule has 3 rings (SSSR count). The predicted molar refractivity (Wildman–Crippen MR) is 109 cm³/mol. The van der Waals surface area contributed by atoms with Crippen LogP contribution in [0, 0.1) is 33.5 Å². The van der Waals surface area contributed by atoms with Gasteiger partial charge in [0.2, 0.25) is 20.0 Å². The second-order valence-corrected chi connectivity index (χ2v) is 11.2. The number of nitrogens with zero attached hydrogens (tertiary/aromatic N) is 2. The third-order valence-electron chi connectivity index (χ3n) is 5.53. The summed E-state index contributed by atoms with van der Waals surface area (Å²) in [6.07, 6.45) is 0. The van der Waals surface area contributed by atoms with Gasteiger partial charge in [-0.2, -0.15) is 8.61 Å². The van der Waals surface area contributed by atoms with Crippen LogP contribution in [0.3, 0.4) is 0 Å². The number of hydrogen-bond acceptors (Lipinski definition) is 4. The van der Waals surface area contributed by atoms with Crippen molar-refractivity contribution >= 4 is 20.0 Å². The van der Waals surface area contributed by atoms with Crippen molar-refractivity contribution in [3.8, 4) is 0 Å². The molecule has 6 nitrogen and oxygen atoms in total. The molecule has 1 saturated heterocycles. The van der Waals surface area contributed by atoms with Gasteiger partial charge in [-0.1, -0.05) is 12.1 Å². The fourth-order valence-corrected chi connectivity index (χ4v) is 7.08. The van der Waals surface area contributed by atoms with Crippen LogP contribution in [0.2, 0.25) is 0 Å². The van der Waals surface area contributed by atoms with Gasteiger partial charge >= 0.3 is 0 Å². The zero-order chi connectivity index (χ0) is 21.6. The molecular formula is C20H25FN2O4S2. The summed E-state index contributed by atoms with van der Waals surface area (Å²) in [5.74, 6) is -0.631. The van der Waals surface area contributed by atoms with Gasteiger partial charge < -0.3 is 0 Å². The maximum atomic E-state index is 13.4. The summed E-state index contributed by atoms with van der Waals surface area (Å²) in [4.78, 5) is 0.172. The van der Waals surface area contributed by atoms with Crippen LogP contribution in [0.5, 0.6) is 0 Å². The summed E-state index contributed by atoms with van der Waals surface area (Å²) in [6.45, 7) is 7.46. The predicted octanol–water partition coefficient (Wildman–Crippen LogP) is 2.75. The molecule has 1 fully saturated rings. The Kier molecular flexibility index (Phi) is 5.88. The molecule has 1 heterocycles. The van der Waals surface area contributed by atoms with E-state index in [1.54, 1.807) is 13.8 Å². The lowest BCUT2D eigenvalue weighted by Crippen LogP contribution is -2.50. The van der Waals surface area contributed by atoms with Crippen molar-refractivity contribution in [3.05, 3.63) is 58.4 Å². The van der Waals surface area contributed by atoms with Crippen molar-refractivity contribution in [1.29, 1.82) is 0 Å². The van der Waals surface area contributed by atoms with Crippen LogP contribution in [-0.2, 0) is 20.0 Å². The van der Waals surface area contributed by atoms with E-state index in [-0.39, 0.29) is 31.1 Å². The Morgan fingerprint density at radius 3 is 1.72 bits per heavy atom. The zero-order valence-electron chi connectivity index (χ0n) is 16.9. The number of hydrogen-bond donors (Lipinski definition) is 0. The number of sulfonamides is 2. The van der Waals surface area contributed by atoms with Gasteiger partial charge in [0.25, 0.3) is 0 Å². The summed E-state index contributed by atoms with van der Waals surface area (Å²) in [7, 11) is -7.63. The number of aryl methyl sites for hydroxylation is 2. The van der Waals surface area contributed by atoms with Crippen LogP contribution in [0.4, 0.5) is 4.39 Å². The van der Waals surface area contributed by atoms with Crippen LogP contribution in [-0.4, -0.2) is 51.6 Å². The van der Waals surface area contributed by atoms with Crippen LogP contribution >= 0.6 is 0 Å². The fraction of sp³-hybridized carbons (Fsp3) is 0.400. The van der Waals surface area contributed by atoms with E-state index in [2.05, 4.69) is 0 Å². The molecular weight excluding hydrogens is 415 g/mol. The lowest BCUT2D eigenvalue weighted by Gasteiger charge is -2.34. The fourth-order valence-electron chi connectivity index (χ4n) is 3.62. The molecule has 0 aliphatic carbocycles. The van der Waals surface area contributed by atoms with E-state index in [1.807, 2.05) is 19.9 Å². The molecule has 0 unspecified atom stereocenters. The molecule has 1 aliphatic heterocycles. The van der Waals surface area contributed by atoms with E-state index in [9.17, 15) is 21.2 Å². The third kappa shape index (κ3) is 3.96. The van der Waals surface area contributed by atoms with Crippen LogP contribution in [0.15, 0.2) is 40.1 Å². The average Bonchev–Trinajstić information content (AvgIpc) is 2.66. The Bertz CT molecular complexity index is 1130. The lowest BCUT2D eigenvalue weighted by atomic mass is 10.0. The van der Waals surface area contributed by atoms with Gasteiger partial charge in [-0.3, -0.25) is 0 Å². The molecule has 0 aromatic heterocycles. The molecule has 158 valence electrons. The molecule has 29 heavy (non-hydrogen) atoms. The van der Waals surface area contributed by atoms with Crippen LogP contribution in [0.25, 0.3) is 0 Å². The normalized spacial score (nSPS) is 16.9. The monoisotopic (exact) mass is 440 g/mol. The quantitative estimate of drug-likeness (QED) is 0.733. The lowest BCUT2D eigenvalue weighted by molar-refractivity contribution is 0.272. The molecule has 0 atom stereocenters. The molecule has 0 radical (unpaired) electrons. The van der Waals surface area contributed by atoms with E-state index >= 15 is 0 Å². The van der Waals surface area contributed by atoms with E-state index in [4.69, 9.17) is 0 Å². The minimum Gasteiger partial charge on any atom is -0.207 e. The summed E-state index contributed by atoms with van der Waals surface area (Å²) in [5, 5.41) is 0. The van der Waals surface area contributed by atoms with Gasteiger partial charge in [-0.15, -0.1) is 0 Å². The van der Waals surface area contributed by atoms with Crippen molar-refractivity contribution in [2.24, 2.45) is 0 Å². The third-order valence-corrected chi connectivity index (χ3v) is 9.59. The topological polar surface area (TPSA) is 74.8 Å². The molecule has 0 saturated carbocycles. The van der Waals surface area contributed by atoms with E-state index in [1.165, 1.54) is 26.8 Å². The Morgan fingerprint density at radius 1 is 0.759 bits per heavy atom. The summed E-state index contributed by atoms with van der Waals surface area (Å²) >= 11 is 0. The number of rotatable bonds is 4. The first-order valence-corrected chi connectivity index (χ1v) is 12.2. The van der Waals surface area contributed by atoms with E-state index in [0.29, 0.717) is 16.0 Å². The standard InChI is InChI=1S/C20H25FN2O4S2/c1-14-12-15(2)17(4)20(16(14)3)29(26,27)23-10-8-22(9-11-23)28(24,25)19-7-5-6-18(21)13-19/h5-7,12-13H,8-11H2,1-4H3. The summed E-state index contributed by atoms with van der Waals surface area (Å²) in [6, 6.07) is 6.80. The molecule has 0 spiro atoms. The van der Waals surface area contributed by atoms with Gasteiger partial charge in [0.1, 0.15) is 5.82 Å². The Morgan fingerprint density at radius 2 is 1.24 bits per heavy atom. The van der Waals surface area contributed by atoms with Crippen LogP contribution < -0.4 is 0 Å². The first kappa shape index (κ1) is 21.9. The minimum atomic E-state index is -3.88. The Balaban J connectivity index is 1.86. The molecule has 9 heteroatoms. The number of piperazine rings is 1. The van der Waals surface area contributed by atoms with Crippen molar-refractivity contribution in [2.75, 3.05) is 26.2 Å². The maximum absolute atomic E-state index is 13.4. The van der Waals surface area contributed by atoms with Gasteiger partial charge in [-0.25, -0.2) is 21.2 Å². The van der Waals surface area contributed by atoms with Crippen molar-refractivity contribution < 1.29 is 21.2 Å². The van der Waals surface area contributed by atoms with Gasteiger partial charge in [0.05, 0.1) is 9.79 Å². The van der Waals surface area contributed by atoms with Gasteiger partial charge in [-0.05, 0) is 68.1 Å². The highest BCUT2D eigenvalue weighted by Gasteiger charge is 2.35. The van der Waals surface area contributed by atoms with Crippen molar-refractivity contribution in [3.63, 3.8) is 0 Å². The second kappa shape index (κ2) is 7.79. The van der Waals surface area contributed by atoms with E-state index in [0.717, 1.165) is 17.2 Å². The molecule has 1 aliphatic rings. The molecule has 2 aromatic carbocycles. The maximum Gasteiger partial charge on any atom is 0.243 e. The smallest absolute Gasteiger partial charge is 0.207 e. The molecule has 0 bridgehead atoms. The zero-order valence-corrected chi connectivity index (χ0v) is 18.6. The summed E-state index contributed by atoms with van der Waals surface area (Å²) < 4.78 is 68.1. The summed E-state index contributed by atoms with van der Waals surface area (Å²) in [5.41, 5.74) is 3.23. The SMILES string of the molecule is Cc1cc(C)c(C)c(S(=O)(=O)N2CCN(S(=O)(=O)c3cccc(F)c3)CC2)c1C. The second-order valence-electron chi connectivity index (χ2n) is 7.36. The first-order chi connectivity index (χ1) is 13.5. The van der Waals surface area contributed by atoms with E-state index < -0.39 is 25.9 Å². The van der Waals surface area contributed by atoms with Crippen molar-refractivity contribution in [1.82, 2.24) is 8.61 Å². The highest BCUT2D eigenvalue weighted by Crippen LogP contribution is 2.30. The Hall–Kier alpha value is -1.81. The van der Waals surface area contributed by atoms with Gasteiger partial charge in [0, 0.05) is 26.2 Å². The molecule has 0 N–H and O–H groups in total. The van der Waals surface area contributed by atoms with Crippen molar-refractivity contribution in [2.45, 2.75) is 37.5 Å². The number of halogens is 1. The number of benzene rings is 2.